The van der Waals surface area contributed by atoms with Crippen molar-refractivity contribution in [2.45, 2.75) is 16.8 Å². The summed E-state index contributed by atoms with van der Waals surface area (Å²) in [5.74, 6) is -0.464. The van der Waals surface area contributed by atoms with Crippen molar-refractivity contribution in [1.82, 2.24) is 9.97 Å². The van der Waals surface area contributed by atoms with Gasteiger partial charge in [0.25, 0.3) is 0 Å². The van der Waals surface area contributed by atoms with Gasteiger partial charge in [0.2, 0.25) is 5.95 Å². The highest BCUT2D eigenvalue weighted by molar-refractivity contribution is 7.99. The quantitative estimate of drug-likeness (QED) is 0.727. The van der Waals surface area contributed by atoms with Gasteiger partial charge in [0.15, 0.2) is 0 Å². The number of hydrogen-bond acceptors (Lipinski definition) is 3. The maximum atomic E-state index is 12.8. The summed E-state index contributed by atoms with van der Waals surface area (Å²) in [5.41, 5.74) is 1.08. The lowest BCUT2D eigenvalue weighted by Gasteiger charge is -2.03. The van der Waals surface area contributed by atoms with E-state index in [-0.39, 0.29) is 0 Å². The minimum Gasteiger partial charge on any atom is -0.249 e. The Labute approximate surface area is 91.6 Å². The summed E-state index contributed by atoms with van der Waals surface area (Å²) in [4.78, 5) is 8.54. The molecule has 0 saturated carbocycles. The number of aryl methyl sites for hydroxylation is 1. The SMILES string of the molecule is Cc1cccnc1Sc1ccnc(F)c1. The third-order valence-electron chi connectivity index (χ3n) is 1.87. The Kier molecular flexibility index (Phi) is 2.97. The molecule has 0 N–H and O–H groups in total. The number of rotatable bonds is 2. The van der Waals surface area contributed by atoms with Crippen LogP contribution in [0.15, 0.2) is 46.6 Å². The molecule has 0 aliphatic carbocycles. The predicted octanol–water partition coefficient (Wildman–Crippen LogP) is 3.08. The first kappa shape index (κ1) is 10.1. The molecule has 0 aromatic carbocycles. The molecule has 2 aromatic heterocycles. The van der Waals surface area contributed by atoms with Crippen LogP contribution in [-0.2, 0) is 0 Å². The summed E-state index contributed by atoms with van der Waals surface area (Å²) < 4.78 is 12.8. The Morgan fingerprint density at radius 3 is 2.80 bits per heavy atom. The van der Waals surface area contributed by atoms with Gasteiger partial charge in [-0.05, 0) is 24.6 Å². The molecule has 0 aliphatic rings. The monoisotopic (exact) mass is 220 g/mol. The van der Waals surface area contributed by atoms with Crippen LogP contribution in [0.3, 0.4) is 0 Å². The second-order valence-electron chi connectivity index (χ2n) is 3.04. The summed E-state index contributed by atoms with van der Waals surface area (Å²) in [6.07, 6.45) is 3.18. The molecule has 0 atom stereocenters. The van der Waals surface area contributed by atoms with Crippen LogP contribution in [0.1, 0.15) is 5.56 Å². The van der Waals surface area contributed by atoms with Gasteiger partial charge in [-0.2, -0.15) is 4.39 Å². The Bertz CT molecular complexity index is 474. The Hall–Kier alpha value is -1.42. The van der Waals surface area contributed by atoms with E-state index in [0.717, 1.165) is 15.5 Å². The molecule has 2 rings (SSSR count). The van der Waals surface area contributed by atoms with Gasteiger partial charge < -0.3 is 0 Å². The molecule has 0 saturated heterocycles. The van der Waals surface area contributed by atoms with Crippen molar-refractivity contribution in [3.63, 3.8) is 0 Å². The smallest absolute Gasteiger partial charge is 0.213 e. The maximum Gasteiger partial charge on any atom is 0.213 e. The summed E-state index contributed by atoms with van der Waals surface area (Å²) in [6, 6.07) is 7.03. The van der Waals surface area contributed by atoms with Crippen molar-refractivity contribution >= 4 is 11.8 Å². The average Bonchev–Trinajstić information content (AvgIpc) is 2.22. The molecule has 76 valence electrons. The van der Waals surface area contributed by atoms with Gasteiger partial charge in [-0.25, -0.2) is 9.97 Å². The molecule has 4 heteroatoms. The first-order chi connectivity index (χ1) is 7.25. The number of aromatic nitrogens is 2. The van der Waals surface area contributed by atoms with Crippen LogP contribution in [-0.4, -0.2) is 9.97 Å². The van der Waals surface area contributed by atoms with Gasteiger partial charge in [-0.3, -0.25) is 0 Å². The van der Waals surface area contributed by atoms with E-state index in [0.29, 0.717) is 0 Å². The van der Waals surface area contributed by atoms with Gasteiger partial charge in [-0.15, -0.1) is 0 Å². The van der Waals surface area contributed by atoms with E-state index in [9.17, 15) is 4.39 Å². The fourth-order valence-corrected chi connectivity index (χ4v) is 1.99. The first-order valence-corrected chi connectivity index (χ1v) is 5.28. The summed E-state index contributed by atoms with van der Waals surface area (Å²) >= 11 is 1.44. The Morgan fingerprint density at radius 1 is 1.20 bits per heavy atom. The van der Waals surface area contributed by atoms with Crippen molar-refractivity contribution in [2.75, 3.05) is 0 Å². The molecule has 2 aromatic rings. The standard InChI is InChI=1S/C11H9FN2S/c1-8-3-2-5-14-11(8)15-9-4-6-13-10(12)7-9/h2-7H,1H3. The molecule has 0 bridgehead atoms. The molecule has 15 heavy (non-hydrogen) atoms. The van der Waals surface area contributed by atoms with E-state index in [1.54, 1.807) is 12.3 Å². The van der Waals surface area contributed by atoms with E-state index < -0.39 is 5.95 Å². The normalized spacial score (nSPS) is 10.3. The molecule has 0 aliphatic heterocycles. The van der Waals surface area contributed by atoms with Crippen molar-refractivity contribution in [2.24, 2.45) is 0 Å². The average molecular weight is 220 g/mol. The fourth-order valence-electron chi connectivity index (χ4n) is 1.14. The largest absolute Gasteiger partial charge is 0.249 e. The molecular weight excluding hydrogens is 211 g/mol. The molecule has 0 radical (unpaired) electrons. The van der Waals surface area contributed by atoms with E-state index in [4.69, 9.17) is 0 Å². The zero-order valence-corrected chi connectivity index (χ0v) is 8.96. The van der Waals surface area contributed by atoms with Crippen molar-refractivity contribution < 1.29 is 4.39 Å². The van der Waals surface area contributed by atoms with Gasteiger partial charge in [0, 0.05) is 23.4 Å². The summed E-state index contributed by atoms with van der Waals surface area (Å²) in [7, 11) is 0. The van der Waals surface area contributed by atoms with Crippen LogP contribution in [0.2, 0.25) is 0 Å². The highest BCUT2D eigenvalue weighted by Crippen LogP contribution is 2.27. The third kappa shape index (κ3) is 2.53. The predicted molar refractivity (Wildman–Crippen MR) is 57.3 cm³/mol. The van der Waals surface area contributed by atoms with Crippen molar-refractivity contribution in [1.29, 1.82) is 0 Å². The van der Waals surface area contributed by atoms with Crippen LogP contribution in [0.4, 0.5) is 4.39 Å². The second kappa shape index (κ2) is 4.40. The highest BCUT2D eigenvalue weighted by atomic mass is 32.2. The summed E-state index contributed by atoms with van der Waals surface area (Å²) in [6.45, 7) is 1.98. The van der Waals surface area contributed by atoms with E-state index in [1.165, 1.54) is 24.0 Å². The molecule has 2 nitrogen and oxygen atoms in total. The van der Waals surface area contributed by atoms with Crippen LogP contribution >= 0.6 is 11.8 Å². The topological polar surface area (TPSA) is 25.8 Å². The molecule has 0 amide bonds. The Morgan fingerprint density at radius 2 is 2.07 bits per heavy atom. The lowest BCUT2D eigenvalue weighted by molar-refractivity contribution is 0.579. The van der Waals surface area contributed by atoms with E-state index >= 15 is 0 Å². The second-order valence-corrected chi connectivity index (χ2v) is 4.10. The highest BCUT2D eigenvalue weighted by Gasteiger charge is 2.02. The zero-order valence-electron chi connectivity index (χ0n) is 8.14. The molecule has 2 heterocycles. The third-order valence-corrected chi connectivity index (χ3v) is 2.98. The molecular formula is C11H9FN2S. The molecule has 0 fully saturated rings. The minimum atomic E-state index is -0.464. The van der Waals surface area contributed by atoms with Crippen molar-refractivity contribution in [3.8, 4) is 0 Å². The maximum absolute atomic E-state index is 12.8. The molecule has 0 spiro atoms. The van der Waals surface area contributed by atoms with Crippen LogP contribution in [0.5, 0.6) is 0 Å². The number of nitrogens with zero attached hydrogens (tertiary/aromatic N) is 2. The minimum absolute atomic E-state index is 0.464. The lowest BCUT2D eigenvalue weighted by atomic mass is 10.3. The zero-order chi connectivity index (χ0) is 10.7. The van der Waals surface area contributed by atoms with Crippen LogP contribution < -0.4 is 0 Å². The van der Waals surface area contributed by atoms with E-state index in [1.807, 2.05) is 19.1 Å². The number of hydrogen-bond donors (Lipinski definition) is 0. The van der Waals surface area contributed by atoms with Gasteiger partial charge in [-0.1, -0.05) is 17.8 Å². The van der Waals surface area contributed by atoms with Crippen LogP contribution in [0.25, 0.3) is 0 Å². The van der Waals surface area contributed by atoms with Crippen molar-refractivity contribution in [3.05, 3.63) is 48.2 Å². The summed E-state index contributed by atoms with van der Waals surface area (Å²) in [5, 5.41) is 0.892. The Balaban J connectivity index is 2.26. The first-order valence-electron chi connectivity index (χ1n) is 4.47. The van der Waals surface area contributed by atoms with Gasteiger partial charge in [0.1, 0.15) is 5.03 Å². The van der Waals surface area contributed by atoms with Gasteiger partial charge >= 0.3 is 0 Å². The lowest BCUT2D eigenvalue weighted by Crippen LogP contribution is -1.85. The van der Waals surface area contributed by atoms with Crippen LogP contribution in [0, 0.1) is 12.9 Å². The number of halogens is 1. The van der Waals surface area contributed by atoms with Gasteiger partial charge in [0.05, 0.1) is 0 Å². The fraction of sp³-hybridized carbons (Fsp3) is 0.0909. The number of pyridine rings is 2. The van der Waals surface area contributed by atoms with E-state index in [2.05, 4.69) is 9.97 Å². The molecule has 0 unspecified atom stereocenters.